The highest BCUT2D eigenvalue weighted by Gasteiger charge is 2.19. The number of rotatable bonds is 14. The second-order valence-electron chi connectivity index (χ2n) is 9.00. The molecule has 0 unspecified atom stereocenters. The number of ether oxygens (including phenoxy) is 1. The van der Waals surface area contributed by atoms with Gasteiger partial charge in [-0.25, -0.2) is 0 Å². The van der Waals surface area contributed by atoms with Crippen molar-refractivity contribution in [3.63, 3.8) is 0 Å². The van der Waals surface area contributed by atoms with E-state index < -0.39 is 5.91 Å². The van der Waals surface area contributed by atoms with Gasteiger partial charge in [-0.15, -0.1) is 10.2 Å². The molecule has 2 aromatic carbocycles. The maximum atomic E-state index is 12.4. The Morgan fingerprint density at radius 3 is 2.39 bits per heavy atom. The van der Waals surface area contributed by atoms with Crippen molar-refractivity contribution in [1.82, 2.24) is 9.47 Å². The molecule has 1 heterocycles. The Labute approximate surface area is 232 Å². The first-order chi connectivity index (χ1) is 18.4. The molecule has 9 nitrogen and oxygen atoms in total. The van der Waals surface area contributed by atoms with Gasteiger partial charge < -0.3 is 14.7 Å². The van der Waals surface area contributed by atoms with E-state index in [4.69, 9.17) is 9.57 Å². The number of methoxy groups -OCH3 is 1. The van der Waals surface area contributed by atoms with E-state index in [0.717, 1.165) is 60.1 Å². The van der Waals surface area contributed by atoms with Crippen molar-refractivity contribution in [2.45, 2.75) is 53.1 Å². The predicted molar refractivity (Wildman–Crippen MR) is 153 cm³/mol. The van der Waals surface area contributed by atoms with Crippen molar-refractivity contribution in [1.29, 1.82) is 0 Å². The van der Waals surface area contributed by atoms with Crippen LogP contribution in [0.1, 0.15) is 52.0 Å². The van der Waals surface area contributed by atoms with Gasteiger partial charge in [0.25, 0.3) is 0 Å². The van der Waals surface area contributed by atoms with E-state index >= 15 is 0 Å². The molecule has 0 aliphatic heterocycles. The zero-order valence-corrected chi connectivity index (χ0v) is 24.1. The summed E-state index contributed by atoms with van der Waals surface area (Å²) >= 11 is 3.49. The van der Waals surface area contributed by atoms with Gasteiger partial charge >= 0.3 is 5.91 Å². The molecule has 0 spiro atoms. The number of oxime groups is 1. The SMILES string of the molecule is CCCCN(CCCC)Cn1c(O)c(N=NC(=O)CO/N=C(/C)c2ccc(OC)cc2)c2cc(Br)ccc21. The van der Waals surface area contributed by atoms with Gasteiger partial charge in [0.05, 0.1) is 25.0 Å². The van der Waals surface area contributed by atoms with Crippen LogP contribution in [0.5, 0.6) is 11.6 Å². The number of aromatic nitrogens is 1. The summed E-state index contributed by atoms with van der Waals surface area (Å²) in [5, 5.41) is 23.7. The fourth-order valence-electron chi connectivity index (χ4n) is 3.96. The van der Waals surface area contributed by atoms with Crippen LogP contribution in [0, 0.1) is 0 Å². The molecule has 0 aliphatic carbocycles. The van der Waals surface area contributed by atoms with Gasteiger partial charge in [0.15, 0.2) is 12.3 Å². The first-order valence-corrected chi connectivity index (χ1v) is 13.7. The van der Waals surface area contributed by atoms with Gasteiger partial charge in [-0.2, -0.15) is 0 Å². The van der Waals surface area contributed by atoms with E-state index in [9.17, 15) is 9.90 Å². The number of halogens is 1. The maximum Gasteiger partial charge on any atom is 0.304 e. The molecule has 3 aromatic rings. The molecule has 1 N–H and O–H groups in total. The van der Waals surface area contributed by atoms with Crippen molar-refractivity contribution >= 4 is 44.1 Å². The number of amides is 1. The lowest BCUT2D eigenvalue weighted by molar-refractivity contribution is -0.122. The number of hydrogen-bond donors (Lipinski definition) is 1. The Hall–Kier alpha value is -3.24. The zero-order chi connectivity index (χ0) is 27.5. The van der Waals surface area contributed by atoms with Gasteiger partial charge in [-0.3, -0.25) is 14.3 Å². The Morgan fingerprint density at radius 2 is 1.76 bits per heavy atom. The fraction of sp³-hybridized carbons (Fsp3) is 0.429. The van der Waals surface area contributed by atoms with Crippen LogP contribution in [0.4, 0.5) is 5.69 Å². The molecule has 1 aromatic heterocycles. The van der Waals surface area contributed by atoms with E-state index in [1.807, 2.05) is 47.0 Å². The summed E-state index contributed by atoms with van der Waals surface area (Å²) in [4.78, 5) is 19.9. The van der Waals surface area contributed by atoms with Crippen molar-refractivity contribution in [3.8, 4) is 11.6 Å². The largest absolute Gasteiger partial charge is 0.497 e. The summed E-state index contributed by atoms with van der Waals surface area (Å²) in [6, 6.07) is 13.1. The van der Waals surface area contributed by atoms with Crippen LogP contribution in [-0.4, -0.2) is 53.0 Å². The van der Waals surface area contributed by atoms with Gasteiger partial charge in [-0.05, 0) is 80.9 Å². The number of carbonyl (C=O) groups excluding carboxylic acids is 1. The fourth-order valence-corrected chi connectivity index (χ4v) is 4.32. The average Bonchev–Trinajstić information content (AvgIpc) is 3.18. The monoisotopic (exact) mass is 585 g/mol. The normalized spacial score (nSPS) is 12.1. The third kappa shape index (κ3) is 7.88. The molecule has 0 saturated carbocycles. The lowest BCUT2D eigenvalue weighted by Crippen LogP contribution is -2.28. The number of nitrogens with zero attached hydrogens (tertiary/aromatic N) is 5. The second-order valence-corrected chi connectivity index (χ2v) is 9.92. The van der Waals surface area contributed by atoms with Gasteiger partial charge in [0.1, 0.15) is 5.75 Å². The molecule has 10 heteroatoms. The van der Waals surface area contributed by atoms with E-state index in [-0.39, 0.29) is 18.2 Å². The molecule has 0 atom stereocenters. The molecule has 1 amide bonds. The molecular formula is C28H36BrN5O4. The highest BCUT2D eigenvalue weighted by atomic mass is 79.9. The Morgan fingerprint density at radius 1 is 1.08 bits per heavy atom. The lowest BCUT2D eigenvalue weighted by Gasteiger charge is -2.23. The Kier molecular flexibility index (Phi) is 11.3. The first kappa shape index (κ1) is 29.3. The summed E-state index contributed by atoms with van der Waals surface area (Å²) in [6.07, 6.45) is 4.36. The van der Waals surface area contributed by atoms with Crippen LogP contribution in [0.2, 0.25) is 0 Å². The van der Waals surface area contributed by atoms with Gasteiger partial charge in [0.2, 0.25) is 5.88 Å². The molecule has 0 fully saturated rings. The summed E-state index contributed by atoms with van der Waals surface area (Å²) in [5.74, 6) is 0.102. The number of carbonyl (C=O) groups is 1. The molecular weight excluding hydrogens is 550 g/mol. The molecule has 0 bridgehead atoms. The number of azo groups is 1. The van der Waals surface area contributed by atoms with Crippen molar-refractivity contribution in [2.75, 3.05) is 26.8 Å². The zero-order valence-electron chi connectivity index (χ0n) is 22.5. The van der Waals surface area contributed by atoms with Crippen molar-refractivity contribution < 1.29 is 19.5 Å². The average molecular weight is 587 g/mol. The lowest BCUT2D eigenvalue weighted by atomic mass is 10.1. The van der Waals surface area contributed by atoms with Gasteiger partial charge in [0, 0.05) is 9.86 Å². The third-order valence-electron chi connectivity index (χ3n) is 6.13. The number of benzene rings is 2. The smallest absolute Gasteiger partial charge is 0.304 e. The number of aromatic hydroxyl groups is 1. The molecule has 0 saturated heterocycles. The molecule has 0 radical (unpaired) electrons. The molecule has 3 rings (SSSR count). The molecule has 38 heavy (non-hydrogen) atoms. The van der Waals surface area contributed by atoms with Gasteiger partial charge in [-0.1, -0.05) is 47.8 Å². The quantitative estimate of drug-likeness (QED) is 0.124. The molecule has 0 aliphatic rings. The Balaban J connectivity index is 1.75. The van der Waals surface area contributed by atoms with E-state index in [1.54, 1.807) is 14.0 Å². The summed E-state index contributed by atoms with van der Waals surface area (Å²) in [5.41, 5.74) is 2.52. The topological polar surface area (TPSA) is 101 Å². The van der Waals surface area contributed by atoms with E-state index in [0.29, 0.717) is 17.8 Å². The Bertz CT molecular complexity index is 1260. The van der Waals surface area contributed by atoms with Crippen molar-refractivity contribution in [3.05, 3.63) is 52.5 Å². The summed E-state index contributed by atoms with van der Waals surface area (Å²) in [6.45, 7) is 8.15. The minimum Gasteiger partial charge on any atom is -0.497 e. The predicted octanol–water partition coefficient (Wildman–Crippen LogP) is 7.03. The van der Waals surface area contributed by atoms with Crippen LogP contribution < -0.4 is 4.74 Å². The molecule has 204 valence electrons. The maximum absolute atomic E-state index is 12.4. The van der Waals surface area contributed by atoms with Crippen molar-refractivity contribution in [2.24, 2.45) is 15.4 Å². The number of fused-ring (bicyclic) bond motifs is 1. The van der Waals surface area contributed by atoms with Crippen LogP contribution in [0.15, 0.2) is 62.3 Å². The third-order valence-corrected chi connectivity index (χ3v) is 6.62. The van der Waals surface area contributed by atoms with E-state index in [1.165, 1.54) is 0 Å². The number of unbranched alkanes of at least 4 members (excludes halogenated alkanes) is 2. The van der Waals surface area contributed by atoms with Crippen LogP contribution >= 0.6 is 15.9 Å². The highest BCUT2D eigenvalue weighted by Crippen LogP contribution is 2.40. The first-order valence-electron chi connectivity index (χ1n) is 12.9. The number of hydrogen-bond acceptors (Lipinski definition) is 7. The summed E-state index contributed by atoms with van der Waals surface area (Å²) in [7, 11) is 1.60. The minimum atomic E-state index is -0.612. The van der Waals surface area contributed by atoms with Crippen LogP contribution in [0.25, 0.3) is 10.9 Å². The highest BCUT2D eigenvalue weighted by molar-refractivity contribution is 9.10. The summed E-state index contributed by atoms with van der Waals surface area (Å²) < 4.78 is 7.82. The minimum absolute atomic E-state index is 0.0260. The standard InChI is InChI=1S/C28H36BrN5O4/c1-5-7-15-33(16-8-6-2)19-34-25-14-11-22(29)17-24(25)27(28(34)36)31-30-26(35)18-38-32-20(3)21-9-12-23(37-4)13-10-21/h9-14,17,36H,5-8,15-16,18-19H2,1-4H3/b31-30?,32-20-. The van der Waals surface area contributed by atoms with Crippen LogP contribution in [-0.2, 0) is 16.3 Å². The van der Waals surface area contributed by atoms with E-state index in [2.05, 4.69) is 50.1 Å². The second kappa shape index (κ2) is 14.6. The van der Waals surface area contributed by atoms with Crippen LogP contribution in [0.3, 0.4) is 0 Å².